The summed E-state index contributed by atoms with van der Waals surface area (Å²) in [6.45, 7) is 0.508. The number of nitrogens with zero attached hydrogens (tertiary/aromatic N) is 3. The van der Waals surface area contributed by atoms with Crippen LogP contribution in [0.2, 0.25) is 0 Å². The van der Waals surface area contributed by atoms with Gasteiger partial charge in [-0.15, -0.1) is 0 Å². The Hall–Kier alpha value is -2.37. The Labute approximate surface area is 110 Å². The minimum atomic E-state index is -0.236. The number of amides is 1. The molecule has 0 aliphatic carbocycles. The molecule has 0 spiro atoms. The molecular formula is C13H16N4O2. The zero-order valence-electron chi connectivity index (χ0n) is 11.0. The molecule has 0 bridgehead atoms. The number of hydrogen-bond acceptors (Lipinski definition) is 3. The van der Waals surface area contributed by atoms with Crippen LogP contribution in [0, 0.1) is 0 Å². The van der Waals surface area contributed by atoms with E-state index in [0.717, 1.165) is 5.69 Å². The molecular weight excluding hydrogens is 244 g/mol. The van der Waals surface area contributed by atoms with Crippen LogP contribution < -0.4 is 10.9 Å². The Balaban J connectivity index is 1.93. The van der Waals surface area contributed by atoms with Gasteiger partial charge in [0.15, 0.2) is 0 Å². The smallest absolute Gasteiger partial charge is 0.251 e. The highest BCUT2D eigenvalue weighted by molar-refractivity contribution is 5.93. The molecule has 0 aliphatic heterocycles. The van der Waals surface area contributed by atoms with E-state index in [4.69, 9.17) is 0 Å². The zero-order chi connectivity index (χ0) is 13.8. The van der Waals surface area contributed by atoms with E-state index in [2.05, 4.69) is 10.4 Å². The molecule has 100 valence electrons. The van der Waals surface area contributed by atoms with Gasteiger partial charge in [0, 0.05) is 56.8 Å². The van der Waals surface area contributed by atoms with E-state index in [1.165, 1.54) is 10.6 Å². The third-order valence-electron chi connectivity index (χ3n) is 2.96. The van der Waals surface area contributed by atoms with Crippen LogP contribution >= 0.6 is 0 Å². The molecule has 1 N–H and O–H groups in total. The molecule has 0 aliphatic rings. The second-order valence-corrected chi connectivity index (χ2v) is 4.32. The monoisotopic (exact) mass is 260 g/mol. The van der Waals surface area contributed by atoms with Crippen molar-refractivity contribution in [3.63, 3.8) is 0 Å². The lowest BCUT2D eigenvalue weighted by atomic mass is 10.2. The lowest BCUT2D eigenvalue weighted by Crippen LogP contribution is -2.28. The van der Waals surface area contributed by atoms with Gasteiger partial charge in [0.2, 0.25) is 0 Å². The van der Waals surface area contributed by atoms with Crippen LogP contribution in [0.1, 0.15) is 16.1 Å². The fourth-order valence-corrected chi connectivity index (χ4v) is 1.74. The molecule has 0 fully saturated rings. The third kappa shape index (κ3) is 3.09. The molecule has 0 unspecified atom stereocenters. The molecule has 2 aromatic rings. The van der Waals surface area contributed by atoms with Crippen LogP contribution in [-0.4, -0.2) is 26.8 Å². The summed E-state index contributed by atoms with van der Waals surface area (Å²) < 4.78 is 3.19. The van der Waals surface area contributed by atoms with Crippen molar-refractivity contribution in [3.05, 3.63) is 52.2 Å². The molecule has 0 saturated heterocycles. The molecule has 0 aromatic carbocycles. The van der Waals surface area contributed by atoms with Gasteiger partial charge in [0.25, 0.3) is 11.5 Å². The number of nitrogens with one attached hydrogen (secondary N) is 1. The molecule has 0 radical (unpaired) electrons. The van der Waals surface area contributed by atoms with Crippen LogP contribution in [0.15, 0.2) is 35.4 Å². The minimum Gasteiger partial charge on any atom is -0.352 e. The highest BCUT2D eigenvalue weighted by Crippen LogP contribution is 1.98. The van der Waals surface area contributed by atoms with E-state index in [-0.39, 0.29) is 11.5 Å². The standard InChI is InChI=1S/C13H16N4O2/c1-16-8-5-10(9-12(16)18)13(19)14-6-3-11-4-7-15-17(11)2/h4-5,7-9H,3,6H2,1-2H3,(H,14,19). The summed E-state index contributed by atoms with van der Waals surface area (Å²) in [7, 11) is 3.50. The molecule has 1 amide bonds. The van der Waals surface area contributed by atoms with Gasteiger partial charge in [0.05, 0.1) is 0 Å². The molecule has 2 aromatic heterocycles. The highest BCUT2D eigenvalue weighted by Gasteiger charge is 2.06. The molecule has 0 saturated carbocycles. The van der Waals surface area contributed by atoms with Crippen LogP contribution in [0.5, 0.6) is 0 Å². The molecule has 0 atom stereocenters. The number of carbonyl (C=O) groups is 1. The normalized spacial score (nSPS) is 10.4. The molecule has 2 rings (SSSR count). The summed E-state index contributed by atoms with van der Waals surface area (Å²) in [5, 5.41) is 6.84. The first kappa shape index (κ1) is 13.1. The van der Waals surface area contributed by atoms with Gasteiger partial charge in [-0.3, -0.25) is 14.3 Å². The van der Waals surface area contributed by atoms with E-state index in [0.29, 0.717) is 18.5 Å². The Kier molecular flexibility index (Phi) is 3.79. The van der Waals surface area contributed by atoms with E-state index in [1.807, 2.05) is 13.1 Å². The minimum absolute atomic E-state index is 0.195. The summed E-state index contributed by atoms with van der Waals surface area (Å²) in [6, 6.07) is 4.87. The maximum Gasteiger partial charge on any atom is 0.251 e. The fourth-order valence-electron chi connectivity index (χ4n) is 1.74. The fraction of sp³-hybridized carbons (Fsp3) is 0.308. The topological polar surface area (TPSA) is 68.9 Å². The van der Waals surface area contributed by atoms with Gasteiger partial charge in [-0.1, -0.05) is 0 Å². The zero-order valence-corrected chi connectivity index (χ0v) is 11.0. The van der Waals surface area contributed by atoms with E-state index >= 15 is 0 Å². The van der Waals surface area contributed by atoms with E-state index in [1.54, 1.807) is 30.2 Å². The van der Waals surface area contributed by atoms with Gasteiger partial charge < -0.3 is 9.88 Å². The van der Waals surface area contributed by atoms with Crippen molar-refractivity contribution in [1.82, 2.24) is 19.7 Å². The molecule has 19 heavy (non-hydrogen) atoms. The number of hydrogen-bond donors (Lipinski definition) is 1. The third-order valence-corrected chi connectivity index (χ3v) is 2.96. The molecule has 6 nitrogen and oxygen atoms in total. The van der Waals surface area contributed by atoms with Gasteiger partial charge in [0.1, 0.15) is 0 Å². The van der Waals surface area contributed by atoms with Crippen molar-refractivity contribution in [2.45, 2.75) is 6.42 Å². The van der Waals surface area contributed by atoms with Crippen LogP contribution in [0.4, 0.5) is 0 Å². The number of carbonyl (C=O) groups excluding carboxylic acids is 1. The Morgan fingerprint density at radius 2 is 2.16 bits per heavy atom. The summed E-state index contributed by atoms with van der Waals surface area (Å²) in [6.07, 6.45) is 4.00. The Morgan fingerprint density at radius 1 is 1.37 bits per heavy atom. The average molecular weight is 260 g/mol. The summed E-state index contributed by atoms with van der Waals surface area (Å²) in [5.74, 6) is -0.236. The maximum atomic E-state index is 11.8. The van der Waals surface area contributed by atoms with Crippen molar-refractivity contribution >= 4 is 5.91 Å². The van der Waals surface area contributed by atoms with Gasteiger partial charge in [-0.05, 0) is 12.1 Å². The maximum absolute atomic E-state index is 11.8. The lowest BCUT2D eigenvalue weighted by molar-refractivity contribution is 0.0953. The van der Waals surface area contributed by atoms with Crippen molar-refractivity contribution < 1.29 is 4.79 Å². The second kappa shape index (κ2) is 5.51. The predicted molar refractivity (Wildman–Crippen MR) is 70.9 cm³/mol. The van der Waals surface area contributed by atoms with Crippen molar-refractivity contribution in [2.24, 2.45) is 14.1 Å². The van der Waals surface area contributed by atoms with Crippen LogP contribution in [0.3, 0.4) is 0 Å². The Morgan fingerprint density at radius 3 is 2.79 bits per heavy atom. The molecule has 6 heteroatoms. The number of aryl methyl sites for hydroxylation is 2. The number of pyridine rings is 1. The largest absolute Gasteiger partial charge is 0.352 e. The van der Waals surface area contributed by atoms with Gasteiger partial charge in [-0.2, -0.15) is 5.10 Å². The van der Waals surface area contributed by atoms with Gasteiger partial charge >= 0.3 is 0 Å². The van der Waals surface area contributed by atoms with Crippen molar-refractivity contribution in [3.8, 4) is 0 Å². The summed E-state index contributed by atoms with van der Waals surface area (Å²) in [4.78, 5) is 23.3. The summed E-state index contributed by atoms with van der Waals surface area (Å²) >= 11 is 0. The SMILES string of the molecule is Cn1nccc1CCNC(=O)c1ccn(C)c(=O)c1. The van der Waals surface area contributed by atoms with E-state index in [9.17, 15) is 9.59 Å². The quantitative estimate of drug-likeness (QED) is 0.847. The average Bonchev–Trinajstić information content (AvgIpc) is 2.78. The van der Waals surface area contributed by atoms with Crippen LogP contribution in [0.25, 0.3) is 0 Å². The second-order valence-electron chi connectivity index (χ2n) is 4.32. The summed E-state index contributed by atoms with van der Waals surface area (Å²) in [5.41, 5.74) is 1.23. The van der Waals surface area contributed by atoms with Crippen molar-refractivity contribution in [2.75, 3.05) is 6.54 Å². The first-order valence-corrected chi connectivity index (χ1v) is 5.99. The van der Waals surface area contributed by atoms with Crippen LogP contribution in [-0.2, 0) is 20.5 Å². The van der Waals surface area contributed by atoms with Crippen molar-refractivity contribution in [1.29, 1.82) is 0 Å². The highest BCUT2D eigenvalue weighted by atomic mass is 16.2. The first-order chi connectivity index (χ1) is 9.08. The Bertz CT molecular complexity index is 642. The predicted octanol–water partition coefficient (Wildman–Crippen LogP) is 0.0913. The first-order valence-electron chi connectivity index (χ1n) is 5.99. The lowest BCUT2D eigenvalue weighted by Gasteiger charge is -2.06. The van der Waals surface area contributed by atoms with Gasteiger partial charge in [-0.25, -0.2) is 0 Å². The number of rotatable bonds is 4. The van der Waals surface area contributed by atoms with E-state index < -0.39 is 0 Å². The molecule has 2 heterocycles. The number of aromatic nitrogens is 3.